The minimum Gasteiger partial charge on any atom is -0.484 e. The zero-order valence-corrected chi connectivity index (χ0v) is 16.5. The molecule has 2 N–H and O–H groups in total. The Balaban J connectivity index is 1.56. The predicted octanol–water partition coefficient (Wildman–Crippen LogP) is 4.35. The molecule has 1 heterocycles. The second-order valence-corrected chi connectivity index (χ2v) is 6.99. The maximum atomic E-state index is 12.1. The van der Waals surface area contributed by atoms with Gasteiger partial charge in [0.05, 0.1) is 5.69 Å². The minimum atomic E-state index is -0.260. The summed E-state index contributed by atoms with van der Waals surface area (Å²) < 4.78 is 5.55. The summed E-state index contributed by atoms with van der Waals surface area (Å²) in [5.74, 6) is 0.299. The lowest BCUT2D eigenvalue weighted by atomic mass is 10.1. The standard InChI is InChI=1S/C21H21N3O3S/c1-3-15-5-4-6-18(11-15)27-12-20(26)24-21-23-19(13-28-21)16-7-9-17(10-8-16)22-14(2)25/h4-11,13H,3,12H2,1-2H3,(H,22,25)(H,23,24,26). The smallest absolute Gasteiger partial charge is 0.264 e. The van der Waals surface area contributed by atoms with E-state index in [1.54, 1.807) is 0 Å². The molecule has 2 aromatic carbocycles. The van der Waals surface area contributed by atoms with Crippen LogP contribution < -0.4 is 15.4 Å². The van der Waals surface area contributed by atoms with Crippen molar-refractivity contribution < 1.29 is 14.3 Å². The van der Waals surface area contributed by atoms with E-state index in [0.29, 0.717) is 10.9 Å². The van der Waals surface area contributed by atoms with Gasteiger partial charge in [-0.15, -0.1) is 11.3 Å². The van der Waals surface area contributed by atoms with E-state index in [1.165, 1.54) is 18.3 Å². The summed E-state index contributed by atoms with van der Waals surface area (Å²) in [6.45, 7) is 3.46. The van der Waals surface area contributed by atoms with Gasteiger partial charge >= 0.3 is 0 Å². The van der Waals surface area contributed by atoms with Crippen LogP contribution in [0.15, 0.2) is 53.9 Å². The van der Waals surface area contributed by atoms with Crippen molar-refractivity contribution in [2.45, 2.75) is 20.3 Å². The molecule has 0 aliphatic heterocycles. The number of nitrogens with one attached hydrogen (secondary N) is 2. The molecule has 6 nitrogen and oxygen atoms in total. The molecule has 0 fully saturated rings. The van der Waals surface area contributed by atoms with Crippen molar-refractivity contribution in [3.63, 3.8) is 0 Å². The fourth-order valence-corrected chi connectivity index (χ4v) is 3.29. The fraction of sp³-hybridized carbons (Fsp3) is 0.190. The Morgan fingerprint density at radius 1 is 1.11 bits per heavy atom. The molecule has 144 valence electrons. The third-order valence-electron chi connectivity index (χ3n) is 3.93. The number of rotatable bonds is 7. The lowest BCUT2D eigenvalue weighted by Gasteiger charge is -2.07. The molecule has 0 aliphatic rings. The maximum Gasteiger partial charge on any atom is 0.264 e. The van der Waals surface area contributed by atoms with Gasteiger partial charge in [-0.3, -0.25) is 14.9 Å². The number of carbonyl (C=O) groups is 2. The van der Waals surface area contributed by atoms with E-state index >= 15 is 0 Å². The molecule has 0 bridgehead atoms. The number of aromatic nitrogens is 1. The summed E-state index contributed by atoms with van der Waals surface area (Å²) in [5, 5.41) is 7.86. The Morgan fingerprint density at radius 2 is 1.89 bits per heavy atom. The van der Waals surface area contributed by atoms with Crippen molar-refractivity contribution in [1.82, 2.24) is 4.98 Å². The van der Waals surface area contributed by atoms with Crippen LogP contribution in [0.3, 0.4) is 0 Å². The van der Waals surface area contributed by atoms with Gasteiger partial charge in [-0.25, -0.2) is 4.98 Å². The molecule has 3 aromatic rings. The quantitative estimate of drug-likeness (QED) is 0.623. The van der Waals surface area contributed by atoms with Crippen molar-refractivity contribution in [2.75, 3.05) is 17.2 Å². The Hall–Kier alpha value is -3.19. The van der Waals surface area contributed by atoms with Crippen molar-refractivity contribution in [3.05, 3.63) is 59.5 Å². The van der Waals surface area contributed by atoms with Crippen LogP contribution in [0.1, 0.15) is 19.4 Å². The number of anilines is 2. The first-order valence-electron chi connectivity index (χ1n) is 8.88. The summed E-state index contributed by atoms with van der Waals surface area (Å²) in [5.41, 5.74) is 3.54. The van der Waals surface area contributed by atoms with Gasteiger partial charge in [0.15, 0.2) is 11.7 Å². The van der Waals surface area contributed by atoms with E-state index in [4.69, 9.17) is 4.74 Å². The molecule has 0 saturated carbocycles. The average molecular weight is 395 g/mol. The SMILES string of the molecule is CCc1cccc(OCC(=O)Nc2nc(-c3ccc(NC(C)=O)cc3)cs2)c1. The van der Waals surface area contributed by atoms with Crippen molar-refractivity contribution in [1.29, 1.82) is 0 Å². The van der Waals surface area contributed by atoms with Crippen LogP contribution in [0, 0.1) is 0 Å². The Morgan fingerprint density at radius 3 is 2.61 bits per heavy atom. The van der Waals surface area contributed by atoms with Crippen LogP contribution >= 0.6 is 11.3 Å². The monoisotopic (exact) mass is 395 g/mol. The Kier molecular flexibility index (Phi) is 6.39. The van der Waals surface area contributed by atoms with Crippen LogP contribution in [-0.2, 0) is 16.0 Å². The van der Waals surface area contributed by atoms with Crippen LogP contribution in [0.4, 0.5) is 10.8 Å². The number of thiazole rings is 1. The zero-order chi connectivity index (χ0) is 19.9. The largest absolute Gasteiger partial charge is 0.484 e. The van der Waals surface area contributed by atoms with Gasteiger partial charge in [0.2, 0.25) is 5.91 Å². The first kappa shape index (κ1) is 19.6. The molecule has 28 heavy (non-hydrogen) atoms. The van der Waals surface area contributed by atoms with Crippen molar-refractivity contribution >= 4 is 34.0 Å². The van der Waals surface area contributed by atoms with E-state index in [-0.39, 0.29) is 18.4 Å². The summed E-state index contributed by atoms with van der Waals surface area (Å²) in [6.07, 6.45) is 0.914. The second kappa shape index (κ2) is 9.14. The number of hydrogen-bond donors (Lipinski definition) is 2. The van der Waals surface area contributed by atoms with Crippen LogP contribution in [0.5, 0.6) is 5.75 Å². The number of carbonyl (C=O) groups excluding carboxylic acids is 2. The predicted molar refractivity (Wildman–Crippen MR) is 112 cm³/mol. The van der Waals surface area contributed by atoms with Gasteiger partial charge in [0, 0.05) is 23.6 Å². The highest BCUT2D eigenvalue weighted by Gasteiger charge is 2.09. The third-order valence-corrected chi connectivity index (χ3v) is 4.69. The number of hydrogen-bond acceptors (Lipinski definition) is 5. The van der Waals surface area contributed by atoms with Gasteiger partial charge in [0.1, 0.15) is 5.75 Å². The third kappa shape index (κ3) is 5.40. The summed E-state index contributed by atoms with van der Waals surface area (Å²) in [4.78, 5) is 27.6. The topological polar surface area (TPSA) is 80.3 Å². The first-order chi connectivity index (χ1) is 13.5. The fourth-order valence-electron chi connectivity index (χ4n) is 2.55. The summed E-state index contributed by atoms with van der Waals surface area (Å²) in [7, 11) is 0. The van der Waals surface area contributed by atoms with Crippen LogP contribution in [0.2, 0.25) is 0 Å². The number of nitrogens with zero attached hydrogens (tertiary/aromatic N) is 1. The molecule has 0 radical (unpaired) electrons. The molecule has 0 unspecified atom stereocenters. The lowest BCUT2D eigenvalue weighted by Crippen LogP contribution is -2.20. The van der Waals surface area contributed by atoms with E-state index in [2.05, 4.69) is 22.5 Å². The molecular formula is C21H21N3O3S. The summed E-state index contributed by atoms with van der Waals surface area (Å²) in [6, 6.07) is 15.1. The highest BCUT2D eigenvalue weighted by Crippen LogP contribution is 2.26. The highest BCUT2D eigenvalue weighted by atomic mass is 32.1. The normalized spacial score (nSPS) is 10.4. The number of ether oxygens (including phenoxy) is 1. The lowest BCUT2D eigenvalue weighted by molar-refractivity contribution is -0.118. The van der Waals surface area contributed by atoms with Crippen molar-refractivity contribution in [2.24, 2.45) is 0 Å². The zero-order valence-electron chi connectivity index (χ0n) is 15.7. The van der Waals surface area contributed by atoms with Gasteiger partial charge in [-0.05, 0) is 36.2 Å². The Labute approximate surface area is 167 Å². The average Bonchev–Trinajstić information content (AvgIpc) is 3.15. The van der Waals surface area contributed by atoms with Gasteiger partial charge in [-0.2, -0.15) is 0 Å². The molecule has 0 aliphatic carbocycles. The number of benzene rings is 2. The van der Waals surface area contributed by atoms with E-state index in [1.807, 2.05) is 53.9 Å². The molecule has 0 spiro atoms. The van der Waals surface area contributed by atoms with E-state index in [0.717, 1.165) is 28.9 Å². The molecule has 0 saturated heterocycles. The van der Waals surface area contributed by atoms with E-state index < -0.39 is 0 Å². The number of aryl methyl sites for hydroxylation is 1. The van der Waals surface area contributed by atoms with Gasteiger partial charge in [-0.1, -0.05) is 31.2 Å². The maximum absolute atomic E-state index is 12.1. The highest BCUT2D eigenvalue weighted by molar-refractivity contribution is 7.14. The van der Waals surface area contributed by atoms with Crippen LogP contribution in [0.25, 0.3) is 11.3 Å². The Bertz CT molecular complexity index is 967. The molecule has 0 atom stereocenters. The second-order valence-electron chi connectivity index (χ2n) is 6.13. The molecule has 3 rings (SSSR count). The molecule has 2 amide bonds. The molecular weight excluding hydrogens is 374 g/mol. The number of amides is 2. The van der Waals surface area contributed by atoms with Gasteiger partial charge in [0.25, 0.3) is 5.91 Å². The van der Waals surface area contributed by atoms with Crippen LogP contribution in [-0.4, -0.2) is 23.4 Å². The molecule has 1 aromatic heterocycles. The summed E-state index contributed by atoms with van der Waals surface area (Å²) >= 11 is 1.35. The first-order valence-corrected chi connectivity index (χ1v) is 9.76. The van der Waals surface area contributed by atoms with Gasteiger partial charge < -0.3 is 10.1 Å². The minimum absolute atomic E-state index is 0.0759. The van der Waals surface area contributed by atoms with Crippen molar-refractivity contribution in [3.8, 4) is 17.0 Å². The molecule has 7 heteroatoms. The van der Waals surface area contributed by atoms with E-state index in [9.17, 15) is 9.59 Å².